The zero-order valence-corrected chi connectivity index (χ0v) is 22.7. The van der Waals surface area contributed by atoms with Crippen molar-refractivity contribution in [3.8, 4) is 45.8 Å². The molecule has 4 aromatic rings. The van der Waals surface area contributed by atoms with Crippen LogP contribution in [-0.2, 0) is 14.3 Å². The van der Waals surface area contributed by atoms with Crippen LogP contribution in [-0.4, -0.2) is 38.8 Å². The van der Waals surface area contributed by atoms with Gasteiger partial charge in [0.05, 0.1) is 14.2 Å². The van der Waals surface area contributed by atoms with E-state index in [0.717, 1.165) is 0 Å². The van der Waals surface area contributed by atoms with Crippen LogP contribution in [0.5, 0.6) is 17.2 Å². The molecule has 1 amide bonds. The number of nitrogens with one attached hydrogen (secondary N) is 1. The van der Waals surface area contributed by atoms with E-state index in [4.69, 9.17) is 35.0 Å². The quantitative estimate of drug-likeness (QED) is 0.231. The van der Waals surface area contributed by atoms with Gasteiger partial charge >= 0.3 is 5.97 Å². The second kappa shape index (κ2) is 12.7. The van der Waals surface area contributed by atoms with Gasteiger partial charge in [0.25, 0.3) is 5.91 Å². The monoisotopic (exact) mass is 560 g/mol. The molecule has 40 heavy (non-hydrogen) atoms. The van der Waals surface area contributed by atoms with Crippen molar-refractivity contribution in [1.29, 1.82) is 5.26 Å². The van der Waals surface area contributed by atoms with Gasteiger partial charge in [0.2, 0.25) is 5.88 Å². The van der Waals surface area contributed by atoms with E-state index in [1.807, 2.05) is 0 Å². The summed E-state index contributed by atoms with van der Waals surface area (Å²) in [4.78, 5) is 25.1. The van der Waals surface area contributed by atoms with Crippen molar-refractivity contribution < 1.29 is 33.0 Å². The summed E-state index contributed by atoms with van der Waals surface area (Å²) < 4.78 is 27.1. The predicted molar refractivity (Wildman–Crippen MR) is 149 cm³/mol. The summed E-state index contributed by atoms with van der Waals surface area (Å²) in [6.07, 6.45) is -0.976. The van der Waals surface area contributed by atoms with Crippen molar-refractivity contribution in [3.63, 3.8) is 0 Å². The first-order valence-corrected chi connectivity index (χ1v) is 12.4. The highest BCUT2D eigenvalue weighted by atomic mass is 35.5. The fraction of sp³-hybridized carbons (Fsp3) is 0.167. The Morgan fingerprint density at radius 3 is 2.00 bits per heavy atom. The summed E-state index contributed by atoms with van der Waals surface area (Å²) in [7, 11) is 3.12. The van der Waals surface area contributed by atoms with Crippen LogP contribution in [0.3, 0.4) is 0 Å². The first-order valence-electron chi connectivity index (χ1n) is 12.1. The Labute approximate surface area is 235 Å². The molecule has 1 heterocycles. The van der Waals surface area contributed by atoms with Gasteiger partial charge in [-0.15, -0.1) is 0 Å². The van der Waals surface area contributed by atoms with Crippen LogP contribution in [0.2, 0.25) is 5.02 Å². The molecule has 0 fully saturated rings. The normalized spacial score (nSPS) is 11.2. The Morgan fingerprint density at radius 2 is 1.45 bits per heavy atom. The molecule has 0 radical (unpaired) electrons. The number of anilines is 1. The van der Waals surface area contributed by atoms with Gasteiger partial charge < -0.3 is 23.4 Å². The maximum absolute atomic E-state index is 12.7. The van der Waals surface area contributed by atoms with Crippen LogP contribution in [0.15, 0.2) is 77.2 Å². The number of hydrogen-bond donors (Lipinski definition) is 1. The van der Waals surface area contributed by atoms with Crippen LogP contribution in [0.4, 0.5) is 5.88 Å². The lowest BCUT2D eigenvalue weighted by Gasteiger charge is -2.13. The number of methoxy groups -OCH3 is 2. The number of amides is 1. The molecule has 0 aliphatic carbocycles. The van der Waals surface area contributed by atoms with E-state index >= 15 is 0 Å². The number of ether oxygens (including phenoxy) is 4. The van der Waals surface area contributed by atoms with Crippen molar-refractivity contribution in [2.24, 2.45) is 0 Å². The summed E-state index contributed by atoms with van der Waals surface area (Å²) in [6, 6.07) is 22.7. The highest BCUT2D eigenvalue weighted by Crippen LogP contribution is 2.42. The third kappa shape index (κ3) is 6.54. The number of esters is 1. The Balaban J connectivity index is 1.54. The molecule has 0 saturated heterocycles. The highest BCUT2D eigenvalue weighted by molar-refractivity contribution is 6.30. The first kappa shape index (κ1) is 28.1. The number of carbonyl (C=O) groups is 2. The van der Waals surface area contributed by atoms with Crippen molar-refractivity contribution >= 4 is 29.4 Å². The molecule has 1 aromatic heterocycles. The molecule has 0 bridgehead atoms. The molecular formula is C30H25ClN2O7. The fourth-order valence-electron chi connectivity index (χ4n) is 3.79. The summed E-state index contributed by atoms with van der Waals surface area (Å²) >= 11 is 5.86. The van der Waals surface area contributed by atoms with E-state index in [1.165, 1.54) is 6.92 Å². The smallest absolute Gasteiger partial charge is 0.347 e. The van der Waals surface area contributed by atoms with Crippen molar-refractivity contribution in [2.75, 3.05) is 26.1 Å². The molecule has 1 N–H and O–H groups in total. The summed E-state index contributed by atoms with van der Waals surface area (Å²) in [6.45, 7) is 0.881. The van der Waals surface area contributed by atoms with Crippen LogP contribution >= 0.6 is 11.6 Å². The zero-order chi connectivity index (χ0) is 28.6. The molecule has 1 atom stereocenters. The highest BCUT2D eigenvalue weighted by Gasteiger charge is 2.25. The zero-order valence-electron chi connectivity index (χ0n) is 21.9. The van der Waals surface area contributed by atoms with Crippen molar-refractivity contribution in [2.45, 2.75) is 13.0 Å². The Hall–Kier alpha value is -4.94. The molecule has 4 rings (SSSR count). The molecular weight excluding hydrogens is 536 g/mol. The maximum atomic E-state index is 12.7. The van der Waals surface area contributed by atoms with Crippen molar-refractivity contribution in [1.82, 2.24) is 0 Å². The lowest BCUT2D eigenvalue weighted by molar-refractivity contribution is -0.153. The van der Waals surface area contributed by atoms with Gasteiger partial charge in [-0.05, 0) is 73.2 Å². The lowest BCUT2D eigenvalue weighted by Crippen LogP contribution is -2.29. The van der Waals surface area contributed by atoms with Gasteiger partial charge in [0, 0.05) is 16.1 Å². The molecule has 0 aliphatic heterocycles. The van der Waals surface area contributed by atoms with Crippen molar-refractivity contribution in [3.05, 3.63) is 83.4 Å². The Bertz CT molecular complexity index is 1520. The molecule has 204 valence electrons. The minimum absolute atomic E-state index is 0.0781. The Kier molecular flexibility index (Phi) is 8.94. The second-order valence-corrected chi connectivity index (χ2v) is 8.89. The van der Waals surface area contributed by atoms with Gasteiger partial charge in [-0.2, -0.15) is 5.26 Å². The number of carbonyl (C=O) groups excluding carboxylic acids is 2. The molecule has 10 heteroatoms. The van der Waals surface area contributed by atoms with E-state index in [9.17, 15) is 14.9 Å². The van der Waals surface area contributed by atoms with Gasteiger partial charge in [-0.3, -0.25) is 10.1 Å². The minimum atomic E-state index is -0.976. The van der Waals surface area contributed by atoms with E-state index in [-0.39, 0.29) is 11.4 Å². The van der Waals surface area contributed by atoms with E-state index in [0.29, 0.717) is 44.7 Å². The molecule has 0 spiro atoms. The fourth-order valence-corrected chi connectivity index (χ4v) is 3.91. The standard InChI is InChI=1S/C30H25ClN2O7/c1-18(39-24-14-8-21(31)9-15-24)30(35)38-17-26(34)33-29-25(16-32)27(19-4-10-22(36-2)11-5-19)28(40-29)20-6-12-23(37-3)13-7-20/h4-15,18H,17H2,1-3H3,(H,33,34). The summed E-state index contributed by atoms with van der Waals surface area (Å²) in [5, 5.41) is 13.1. The molecule has 9 nitrogen and oxygen atoms in total. The summed E-state index contributed by atoms with van der Waals surface area (Å²) in [5.41, 5.74) is 1.91. The Morgan fingerprint density at radius 1 is 0.900 bits per heavy atom. The van der Waals surface area contributed by atoms with Gasteiger partial charge in [-0.25, -0.2) is 4.79 Å². The first-order chi connectivity index (χ1) is 19.3. The van der Waals surface area contributed by atoms with E-state index in [1.54, 1.807) is 87.0 Å². The largest absolute Gasteiger partial charge is 0.497 e. The van der Waals surface area contributed by atoms with Gasteiger partial charge in [-0.1, -0.05) is 23.7 Å². The molecule has 3 aromatic carbocycles. The number of nitriles is 1. The summed E-state index contributed by atoms with van der Waals surface area (Å²) in [5.74, 6) is 0.549. The van der Waals surface area contributed by atoms with Gasteiger partial charge in [0.1, 0.15) is 34.6 Å². The topological polar surface area (TPSA) is 120 Å². The number of furan rings is 1. The average Bonchev–Trinajstić information content (AvgIpc) is 3.34. The minimum Gasteiger partial charge on any atom is -0.497 e. The van der Waals surface area contributed by atoms with Crippen LogP contribution < -0.4 is 19.5 Å². The average molecular weight is 561 g/mol. The lowest BCUT2D eigenvalue weighted by atomic mass is 9.98. The van der Waals surface area contributed by atoms with Gasteiger partial charge in [0.15, 0.2) is 12.7 Å². The van der Waals surface area contributed by atoms with E-state index < -0.39 is 24.6 Å². The number of hydrogen-bond acceptors (Lipinski definition) is 8. The number of halogens is 1. The number of rotatable bonds is 10. The SMILES string of the molecule is COc1ccc(-c2oc(NC(=O)COC(=O)C(C)Oc3ccc(Cl)cc3)c(C#N)c2-c2ccc(OC)cc2)cc1. The number of nitrogens with zero attached hydrogens (tertiary/aromatic N) is 1. The third-order valence-corrected chi connectivity index (χ3v) is 6.06. The van der Waals surface area contributed by atoms with E-state index in [2.05, 4.69) is 11.4 Å². The van der Waals surface area contributed by atoms with Crippen LogP contribution in [0.1, 0.15) is 12.5 Å². The molecule has 0 aliphatic rings. The second-order valence-electron chi connectivity index (χ2n) is 8.45. The molecule has 1 unspecified atom stereocenters. The maximum Gasteiger partial charge on any atom is 0.347 e. The van der Waals surface area contributed by atoms with Crippen LogP contribution in [0, 0.1) is 11.3 Å². The predicted octanol–water partition coefficient (Wildman–Crippen LogP) is 6.11. The number of benzene rings is 3. The molecule has 0 saturated carbocycles. The third-order valence-electron chi connectivity index (χ3n) is 5.81. The van der Waals surface area contributed by atoms with Crippen LogP contribution in [0.25, 0.3) is 22.5 Å².